The molecule has 2 aromatic carbocycles. The fourth-order valence-electron chi connectivity index (χ4n) is 2.19. The molecule has 0 unspecified atom stereocenters. The van der Waals surface area contributed by atoms with Crippen molar-refractivity contribution in [3.8, 4) is 0 Å². The van der Waals surface area contributed by atoms with Gasteiger partial charge < -0.3 is 4.90 Å². The van der Waals surface area contributed by atoms with Crippen LogP contribution >= 0.6 is 23.2 Å². The monoisotopic (exact) mass is 293 g/mol. The minimum atomic E-state index is 0.481. The van der Waals surface area contributed by atoms with Crippen molar-refractivity contribution < 1.29 is 0 Å². The molecule has 0 N–H and O–H groups in total. The van der Waals surface area contributed by atoms with Crippen LogP contribution < -0.4 is 4.90 Å². The van der Waals surface area contributed by atoms with Crippen molar-refractivity contribution in [2.75, 3.05) is 11.4 Å². The van der Waals surface area contributed by atoms with Crippen LogP contribution in [0.3, 0.4) is 0 Å². The van der Waals surface area contributed by atoms with Crippen molar-refractivity contribution in [1.82, 2.24) is 0 Å². The number of benzene rings is 2. The molecular weight excluding hydrogens is 277 g/mol. The predicted octanol–water partition coefficient (Wildman–Crippen LogP) is 5.55. The number of rotatable bonds is 4. The summed E-state index contributed by atoms with van der Waals surface area (Å²) in [4.78, 5) is 2.23. The molecule has 0 amide bonds. The van der Waals surface area contributed by atoms with Crippen LogP contribution in [0.1, 0.15) is 18.1 Å². The average Bonchev–Trinajstić information content (AvgIpc) is 2.40. The van der Waals surface area contributed by atoms with Crippen LogP contribution in [0.25, 0.3) is 0 Å². The van der Waals surface area contributed by atoms with Gasteiger partial charge in [0, 0.05) is 28.8 Å². The highest BCUT2D eigenvalue weighted by molar-refractivity contribution is 6.31. The Balaban J connectivity index is 2.50. The van der Waals surface area contributed by atoms with Crippen LogP contribution in [0.4, 0.5) is 11.4 Å². The standard InChI is InChI=1S/C16H17Cl2N/c1-3-19(15-6-4-5-12(2)9-15)16-10-14(18)8-7-13(16)11-17/h4-10H,3,11H2,1-2H3. The Hall–Kier alpha value is -1.18. The third-order valence-corrected chi connectivity index (χ3v) is 3.63. The van der Waals surface area contributed by atoms with Gasteiger partial charge in [0.15, 0.2) is 0 Å². The third-order valence-electron chi connectivity index (χ3n) is 3.11. The van der Waals surface area contributed by atoms with Gasteiger partial charge in [-0.3, -0.25) is 0 Å². The van der Waals surface area contributed by atoms with Crippen LogP contribution in [-0.2, 0) is 5.88 Å². The molecule has 0 spiro atoms. The van der Waals surface area contributed by atoms with E-state index in [4.69, 9.17) is 23.2 Å². The lowest BCUT2D eigenvalue weighted by molar-refractivity contribution is 1.01. The number of alkyl halides is 1. The lowest BCUT2D eigenvalue weighted by Gasteiger charge is -2.26. The maximum atomic E-state index is 6.12. The fraction of sp³-hybridized carbons (Fsp3) is 0.250. The zero-order chi connectivity index (χ0) is 13.8. The van der Waals surface area contributed by atoms with E-state index in [9.17, 15) is 0 Å². The van der Waals surface area contributed by atoms with Gasteiger partial charge >= 0.3 is 0 Å². The summed E-state index contributed by atoms with van der Waals surface area (Å²) in [5.41, 5.74) is 4.58. The molecule has 0 saturated heterocycles. The summed E-state index contributed by atoms with van der Waals surface area (Å²) in [7, 11) is 0. The van der Waals surface area contributed by atoms with Crippen molar-refractivity contribution in [3.63, 3.8) is 0 Å². The largest absolute Gasteiger partial charge is 0.341 e. The number of halogens is 2. The molecule has 0 heterocycles. The van der Waals surface area contributed by atoms with E-state index in [2.05, 4.69) is 43.0 Å². The lowest BCUT2D eigenvalue weighted by atomic mass is 10.1. The van der Waals surface area contributed by atoms with Crippen molar-refractivity contribution >= 4 is 34.6 Å². The SMILES string of the molecule is CCN(c1cccc(C)c1)c1cc(Cl)ccc1CCl. The normalized spacial score (nSPS) is 10.5. The third kappa shape index (κ3) is 3.23. The summed E-state index contributed by atoms with van der Waals surface area (Å²) in [6.45, 7) is 5.09. The van der Waals surface area contributed by atoms with Gasteiger partial charge in [-0.25, -0.2) is 0 Å². The second kappa shape index (κ2) is 6.31. The Morgan fingerprint density at radius 1 is 1.11 bits per heavy atom. The molecule has 0 aliphatic carbocycles. The van der Waals surface area contributed by atoms with Gasteiger partial charge in [0.25, 0.3) is 0 Å². The van der Waals surface area contributed by atoms with E-state index in [1.54, 1.807) is 0 Å². The maximum absolute atomic E-state index is 6.12. The fourth-order valence-corrected chi connectivity index (χ4v) is 2.58. The van der Waals surface area contributed by atoms with Crippen LogP contribution in [0.2, 0.25) is 5.02 Å². The molecule has 0 aromatic heterocycles. The molecule has 0 atom stereocenters. The van der Waals surface area contributed by atoms with Gasteiger partial charge in [0.2, 0.25) is 0 Å². The van der Waals surface area contributed by atoms with Crippen LogP contribution in [0, 0.1) is 6.92 Å². The molecule has 0 bridgehead atoms. The summed E-state index contributed by atoms with van der Waals surface area (Å²) in [5.74, 6) is 0.481. The first kappa shape index (κ1) is 14.2. The van der Waals surface area contributed by atoms with E-state index in [0.717, 1.165) is 28.5 Å². The highest BCUT2D eigenvalue weighted by Gasteiger charge is 2.12. The van der Waals surface area contributed by atoms with Crippen molar-refractivity contribution in [1.29, 1.82) is 0 Å². The smallest absolute Gasteiger partial charge is 0.0494 e. The second-order valence-corrected chi connectivity index (χ2v) is 5.19. The van der Waals surface area contributed by atoms with Gasteiger partial charge in [0.05, 0.1) is 0 Å². The molecule has 0 radical (unpaired) electrons. The Morgan fingerprint density at radius 2 is 1.89 bits per heavy atom. The molecule has 0 aliphatic rings. The molecule has 100 valence electrons. The number of aryl methyl sites for hydroxylation is 1. The summed E-state index contributed by atoms with van der Waals surface area (Å²) >= 11 is 12.2. The van der Waals surface area contributed by atoms with E-state index in [-0.39, 0.29) is 0 Å². The molecule has 19 heavy (non-hydrogen) atoms. The molecule has 2 aromatic rings. The quantitative estimate of drug-likeness (QED) is 0.669. The van der Waals surface area contributed by atoms with Gasteiger partial charge in [-0.15, -0.1) is 11.6 Å². The number of hydrogen-bond acceptors (Lipinski definition) is 1. The highest BCUT2D eigenvalue weighted by atomic mass is 35.5. The topological polar surface area (TPSA) is 3.24 Å². The first-order valence-electron chi connectivity index (χ1n) is 6.34. The number of anilines is 2. The molecule has 0 saturated carbocycles. The Labute approximate surface area is 124 Å². The second-order valence-electron chi connectivity index (χ2n) is 4.49. The van der Waals surface area contributed by atoms with Crippen molar-refractivity contribution in [2.24, 2.45) is 0 Å². The Bertz CT molecular complexity index is 566. The Kier molecular flexibility index (Phi) is 4.73. The van der Waals surface area contributed by atoms with Crippen LogP contribution in [0.5, 0.6) is 0 Å². The molecule has 0 fully saturated rings. The van der Waals surface area contributed by atoms with Gasteiger partial charge in [-0.2, -0.15) is 0 Å². The highest BCUT2D eigenvalue weighted by Crippen LogP contribution is 2.32. The maximum Gasteiger partial charge on any atom is 0.0494 e. The zero-order valence-electron chi connectivity index (χ0n) is 11.2. The van der Waals surface area contributed by atoms with E-state index in [0.29, 0.717) is 5.88 Å². The van der Waals surface area contributed by atoms with Crippen molar-refractivity contribution in [3.05, 3.63) is 58.6 Å². The van der Waals surface area contributed by atoms with Crippen LogP contribution in [0.15, 0.2) is 42.5 Å². The minimum Gasteiger partial charge on any atom is -0.341 e. The zero-order valence-corrected chi connectivity index (χ0v) is 12.7. The summed E-state index contributed by atoms with van der Waals surface area (Å²) in [6.07, 6.45) is 0. The van der Waals surface area contributed by atoms with Gasteiger partial charge in [-0.1, -0.05) is 29.8 Å². The van der Waals surface area contributed by atoms with E-state index < -0.39 is 0 Å². The molecule has 3 heteroatoms. The van der Waals surface area contributed by atoms with E-state index in [1.807, 2.05) is 18.2 Å². The predicted molar refractivity (Wildman–Crippen MR) is 84.9 cm³/mol. The molecule has 0 aliphatic heterocycles. The first-order valence-corrected chi connectivity index (χ1v) is 7.25. The molecule has 2 rings (SSSR count). The first-order chi connectivity index (χ1) is 9.15. The van der Waals surface area contributed by atoms with Gasteiger partial charge in [-0.05, 0) is 49.2 Å². The summed E-state index contributed by atoms with van der Waals surface area (Å²) < 4.78 is 0. The van der Waals surface area contributed by atoms with Crippen molar-refractivity contribution in [2.45, 2.75) is 19.7 Å². The van der Waals surface area contributed by atoms with E-state index in [1.165, 1.54) is 5.56 Å². The molecular formula is C16H17Cl2N. The molecule has 1 nitrogen and oxygen atoms in total. The summed E-state index contributed by atoms with van der Waals surface area (Å²) in [6, 6.07) is 14.3. The Morgan fingerprint density at radius 3 is 2.53 bits per heavy atom. The van der Waals surface area contributed by atoms with Crippen LogP contribution in [-0.4, -0.2) is 6.54 Å². The van der Waals surface area contributed by atoms with Gasteiger partial charge in [0.1, 0.15) is 0 Å². The number of nitrogens with zero attached hydrogens (tertiary/aromatic N) is 1. The summed E-state index contributed by atoms with van der Waals surface area (Å²) in [5, 5.41) is 0.731. The minimum absolute atomic E-state index is 0.481. The van der Waals surface area contributed by atoms with E-state index >= 15 is 0 Å². The lowest BCUT2D eigenvalue weighted by Crippen LogP contribution is -2.17. The average molecular weight is 294 g/mol. The number of hydrogen-bond donors (Lipinski definition) is 0.